The molecule has 1 fully saturated rings. The highest BCUT2D eigenvalue weighted by molar-refractivity contribution is 6.32. The van der Waals surface area contributed by atoms with Gasteiger partial charge in [-0.3, -0.25) is 4.79 Å². The quantitative estimate of drug-likeness (QED) is 0.826. The van der Waals surface area contributed by atoms with Crippen LogP contribution in [0.2, 0.25) is 5.02 Å². The van der Waals surface area contributed by atoms with Gasteiger partial charge in [-0.25, -0.2) is 4.68 Å². The molecule has 1 aliphatic rings. The van der Waals surface area contributed by atoms with Crippen molar-refractivity contribution < 1.29 is 5.11 Å². The van der Waals surface area contributed by atoms with Crippen LogP contribution in [0.3, 0.4) is 0 Å². The molecule has 1 aromatic rings. The van der Waals surface area contributed by atoms with Crippen molar-refractivity contribution in [3.8, 4) is 12.3 Å². The number of aliphatic hydroxyl groups is 1. The Balaban J connectivity index is 2.11. The van der Waals surface area contributed by atoms with Gasteiger partial charge in [0.15, 0.2) is 0 Å². The molecule has 0 aliphatic heterocycles. The molecule has 1 saturated carbocycles. The van der Waals surface area contributed by atoms with Gasteiger partial charge in [-0.2, -0.15) is 5.10 Å². The van der Waals surface area contributed by atoms with E-state index in [0.29, 0.717) is 12.2 Å². The summed E-state index contributed by atoms with van der Waals surface area (Å²) in [6, 6.07) is 0. The van der Waals surface area contributed by atoms with Gasteiger partial charge in [0, 0.05) is 12.5 Å². The lowest BCUT2D eigenvalue weighted by atomic mass is 9.86. The summed E-state index contributed by atoms with van der Waals surface area (Å²) >= 11 is 6.00. The first-order valence-corrected chi connectivity index (χ1v) is 7.12. The average molecular weight is 296 g/mol. The molecule has 0 aromatic carbocycles. The molecule has 2 N–H and O–H groups in total. The zero-order chi connectivity index (χ0) is 14.5. The molecule has 6 heteroatoms. The van der Waals surface area contributed by atoms with Crippen molar-refractivity contribution in [1.82, 2.24) is 9.78 Å². The van der Waals surface area contributed by atoms with Crippen LogP contribution < -0.4 is 10.9 Å². The summed E-state index contributed by atoms with van der Waals surface area (Å²) in [5, 5.41) is 17.1. The fourth-order valence-corrected chi connectivity index (χ4v) is 2.68. The molecule has 0 spiro atoms. The van der Waals surface area contributed by atoms with Gasteiger partial charge in [0.25, 0.3) is 5.56 Å². The van der Waals surface area contributed by atoms with Crippen molar-refractivity contribution in [2.75, 3.05) is 11.9 Å². The number of hydrogen-bond acceptors (Lipinski definition) is 4. The number of terminal acetylenes is 1. The summed E-state index contributed by atoms with van der Waals surface area (Å²) in [7, 11) is 0. The predicted molar refractivity (Wildman–Crippen MR) is 78.8 cm³/mol. The summed E-state index contributed by atoms with van der Waals surface area (Å²) in [5.41, 5.74) is -0.0320. The molecular formula is C14H18ClN3O2. The molecule has 108 valence electrons. The minimum Gasteiger partial charge on any atom is -0.393 e. The predicted octanol–water partition coefficient (Wildman–Crippen LogP) is 1.49. The molecule has 1 heterocycles. The van der Waals surface area contributed by atoms with E-state index in [1.54, 1.807) is 0 Å². The SMILES string of the molecule is C#CCn1ncc(Cl)c(NCC2CCCCC2O)c1=O. The number of nitrogens with one attached hydrogen (secondary N) is 1. The molecule has 1 aromatic heterocycles. The highest BCUT2D eigenvalue weighted by Gasteiger charge is 2.23. The summed E-state index contributed by atoms with van der Waals surface area (Å²) in [6.45, 7) is 0.632. The number of aliphatic hydroxyl groups excluding tert-OH is 1. The summed E-state index contributed by atoms with van der Waals surface area (Å²) in [5.74, 6) is 2.52. The van der Waals surface area contributed by atoms with Gasteiger partial charge in [0.2, 0.25) is 0 Å². The molecule has 0 saturated heterocycles. The van der Waals surface area contributed by atoms with Gasteiger partial charge in [-0.1, -0.05) is 30.4 Å². The highest BCUT2D eigenvalue weighted by atomic mass is 35.5. The maximum Gasteiger partial charge on any atom is 0.292 e. The second kappa shape index (κ2) is 6.78. The molecule has 20 heavy (non-hydrogen) atoms. The van der Waals surface area contributed by atoms with E-state index in [2.05, 4.69) is 16.3 Å². The zero-order valence-electron chi connectivity index (χ0n) is 11.2. The lowest BCUT2D eigenvalue weighted by Crippen LogP contribution is -2.33. The fourth-order valence-electron chi connectivity index (χ4n) is 2.49. The molecule has 0 bridgehead atoms. The Morgan fingerprint density at radius 2 is 2.30 bits per heavy atom. The second-order valence-electron chi connectivity index (χ2n) is 5.03. The van der Waals surface area contributed by atoms with E-state index in [1.165, 1.54) is 10.9 Å². The summed E-state index contributed by atoms with van der Waals surface area (Å²) in [4.78, 5) is 12.1. The fraction of sp³-hybridized carbons (Fsp3) is 0.571. The van der Waals surface area contributed by atoms with Crippen molar-refractivity contribution >= 4 is 17.3 Å². The van der Waals surface area contributed by atoms with Crippen molar-refractivity contribution in [3.63, 3.8) is 0 Å². The number of aromatic nitrogens is 2. The molecule has 1 aliphatic carbocycles. The second-order valence-corrected chi connectivity index (χ2v) is 5.43. The maximum absolute atomic E-state index is 12.1. The van der Waals surface area contributed by atoms with Gasteiger partial charge in [-0.05, 0) is 12.8 Å². The van der Waals surface area contributed by atoms with E-state index < -0.39 is 0 Å². The van der Waals surface area contributed by atoms with Gasteiger partial charge in [0.05, 0.1) is 17.3 Å². The van der Waals surface area contributed by atoms with Crippen LogP contribution in [0, 0.1) is 18.3 Å². The van der Waals surface area contributed by atoms with Crippen molar-refractivity contribution in [1.29, 1.82) is 0 Å². The first kappa shape index (κ1) is 14.9. The number of nitrogens with zero attached hydrogens (tertiary/aromatic N) is 2. The molecule has 0 radical (unpaired) electrons. The maximum atomic E-state index is 12.1. The molecular weight excluding hydrogens is 278 g/mol. The Hall–Kier alpha value is -1.51. The van der Waals surface area contributed by atoms with E-state index in [0.717, 1.165) is 25.7 Å². The Bertz CT molecular complexity index is 565. The van der Waals surface area contributed by atoms with Crippen LogP contribution in [-0.2, 0) is 6.54 Å². The van der Waals surface area contributed by atoms with Gasteiger partial charge < -0.3 is 10.4 Å². The van der Waals surface area contributed by atoms with Gasteiger partial charge in [-0.15, -0.1) is 6.42 Å². The van der Waals surface area contributed by atoms with E-state index in [9.17, 15) is 9.90 Å². The van der Waals surface area contributed by atoms with E-state index in [4.69, 9.17) is 18.0 Å². The number of halogens is 1. The number of rotatable bonds is 4. The van der Waals surface area contributed by atoms with Gasteiger partial charge >= 0.3 is 0 Å². The lowest BCUT2D eigenvalue weighted by molar-refractivity contribution is 0.0763. The normalized spacial score (nSPS) is 22.2. The number of hydrogen-bond donors (Lipinski definition) is 2. The number of anilines is 1. The Kier molecular flexibility index (Phi) is 5.05. The highest BCUT2D eigenvalue weighted by Crippen LogP contribution is 2.25. The first-order valence-electron chi connectivity index (χ1n) is 6.74. The van der Waals surface area contributed by atoms with Crippen LogP contribution in [0.4, 0.5) is 5.69 Å². The Morgan fingerprint density at radius 3 is 3.00 bits per heavy atom. The molecule has 2 rings (SSSR count). The van der Waals surface area contributed by atoms with E-state index in [1.807, 2.05) is 0 Å². The lowest BCUT2D eigenvalue weighted by Gasteiger charge is -2.28. The molecule has 2 unspecified atom stereocenters. The standard InChI is InChI=1S/C14H18ClN3O2/c1-2-7-18-14(20)13(11(15)9-17-18)16-8-10-5-3-4-6-12(10)19/h1,9-10,12,16,19H,3-8H2. The first-order chi connectivity index (χ1) is 9.63. The van der Waals surface area contributed by atoms with Crippen molar-refractivity contribution in [2.24, 2.45) is 5.92 Å². The monoisotopic (exact) mass is 295 g/mol. The third-order valence-electron chi connectivity index (χ3n) is 3.65. The minimum atomic E-state index is -0.333. The summed E-state index contributed by atoms with van der Waals surface area (Å²) < 4.78 is 1.19. The van der Waals surface area contributed by atoms with Crippen LogP contribution in [0.1, 0.15) is 25.7 Å². The van der Waals surface area contributed by atoms with E-state index in [-0.39, 0.29) is 29.1 Å². The van der Waals surface area contributed by atoms with Gasteiger partial charge in [0.1, 0.15) is 12.2 Å². The van der Waals surface area contributed by atoms with Crippen LogP contribution in [0.5, 0.6) is 0 Å². The van der Waals surface area contributed by atoms with Crippen molar-refractivity contribution in [2.45, 2.75) is 38.3 Å². The average Bonchev–Trinajstić information content (AvgIpc) is 2.44. The van der Waals surface area contributed by atoms with Crippen molar-refractivity contribution in [3.05, 3.63) is 21.6 Å². The Morgan fingerprint density at radius 1 is 1.55 bits per heavy atom. The van der Waals surface area contributed by atoms with Crippen LogP contribution >= 0.6 is 11.6 Å². The van der Waals surface area contributed by atoms with Crippen LogP contribution in [0.15, 0.2) is 11.0 Å². The molecule has 0 amide bonds. The topological polar surface area (TPSA) is 67.2 Å². The largest absolute Gasteiger partial charge is 0.393 e. The van der Waals surface area contributed by atoms with Crippen LogP contribution in [-0.4, -0.2) is 27.5 Å². The Labute approximate surface area is 123 Å². The zero-order valence-corrected chi connectivity index (χ0v) is 11.9. The molecule has 5 nitrogen and oxygen atoms in total. The molecule has 2 atom stereocenters. The van der Waals surface area contributed by atoms with Crippen LogP contribution in [0.25, 0.3) is 0 Å². The third-order valence-corrected chi connectivity index (χ3v) is 3.94. The third kappa shape index (κ3) is 3.33. The van der Waals surface area contributed by atoms with E-state index >= 15 is 0 Å². The minimum absolute atomic E-state index is 0.108. The smallest absolute Gasteiger partial charge is 0.292 e. The summed E-state index contributed by atoms with van der Waals surface area (Å²) in [6.07, 6.45) is 10.2.